The lowest BCUT2D eigenvalue weighted by Gasteiger charge is -1.94. The summed E-state index contributed by atoms with van der Waals surface area (Å²) < 4.78 is 5.05. The molecule has 1 aromatic carbocycles. The van der Waals surface area contributed by atoms with Crippen molar-refractivity contribution in [2.45, 2.75) is 0 Å². The zero-order valence-corrected chi connectivity index (χ0v) is 7.83. The zero-order valence-electron chi connectivity index (χ0n) is 5.67. The topological polar surface area (TPSA) is 25.0 Å². The predicted octanol–water partition coefficient (Wildman–Crippen LogP) is 2.90. The Kier molecular flexibility index (Phi) is 1.73. The summed E-state index contributed by atoms with van der Waals surface area (Å²) >= 11 is 1.87. The van der Waals surface area contributed by atoms with E-state index in [2.05, 4.69) is 4.98 Å². The van der Waals surface area contributed by atoms with E-state index in [1.165, 1.54) is 5.39 Å². The molecule has 0 radical (unpaired) electrons. The molecule has 0 aliphatic carbocycles. The Bertz CT molecular complexity index is 369. The maximum Gasteiger partial charge on any atom is 0.192 e. The van der Waals surface area contributed by atoms with Crippen LogP contribution in [-0.4, -0.2) is 4.98 Å². The summed E-state index contributed by atoms with van der Waals surface area (Å²) in [5, 5.41) is 1.18. The lowest BCUT2D eigenvalue weighted by Crippen LogP contribution is -1.72. The van der Waals surface area contributed by atoms with Gasteiger partial charge in [0.2, 0.25) is 0 Å². The van der Waals surface area contributed by atoms with Crippen LogP contribution in [0.4, 0.5) is 0 Å². The van der Waals surface area contributed by atoms with Crippen LogP contribution in [0.1, 0.15) is 0 Å². The fourth-order valence-electron chi connectivity index (χ4n) is 1.08. The second-order valence-electron chi connectivity index (χ2n) is 2.30. The second kappa shape index (κ2) is 2.73. The van der Waals surface area contributed by atoms with E-state index in [0.717, 1.165) is 11.3 Å². The Morgan fingerprint density at radius 1 is 1.27 bits per heavy atom. The SMILES string of the molecule is IOc1ccc2[nH]ccc2c1. The largest absolute Gasteiger partial charge is 0.428 e. The molecule has 0 bridgehead atoms. The van der Waals surface area contributed by atoms with Crippen LogP contribution in [0, 0.1) is 0 Å². The van der Waals surface area contributed by atoms with Crippen LogP contribution in [0.5, 0.6) is 5.75 Å². The Morgan fingerprint density at radius 3 is 3.00 bits per heavy atom. The van der Waals surface area contributed by atoms with Crippen molar-refractivity contribution < 1.29 is 3.07 Å². The number of aromatic amines is 1. The van der Waals surface area contributed by atoms with Crippen LogP contribution in [0.3, 0.4) is 0 Å². The van der Waals surface area contributed by atoms with Gasteiger partial charge in [0.15, 0.2) is 23.0 Å². The second-order valence-corrected chi connectivity index (χ2v) is 2.74. The van der Waals surface area contributed by atoms with Crippen molar-refractivity contribution >= 4 is 33.9 Å². The number of halogens is 1. The molecule has 0 fully saturated rings. The molecule has 0 aliphatic rings. The Morgan fingerprint density at radius 2 is 2.18 bits per heavy atom. The molecule has 0 amide bonds. The molecule has 1 heterocycles. The minimum Gasteiger partial charge on any atom is -0.428 e. The molecule has 2 rings (SSSR count). The molecule has 56 valence electrons. The van der Waals surface area contributed by atoms with Crippen molar-refractivity contribution in [3.63, 3.8) is 0 Å². The van der Waals surface area contributed by atoms with E-state index in [4.69, 9.17) is 3.07 Å². The van der Waals surface area contributed by atoms with Gasteiger partial charge in [-0.1, -0.05) is 0 Å². The van der Waals surface area contributed by atoms with Gasteiger partial charge in [-0.25, -0.2) is 0 Å². The third-order valence-corrected chi connectivity index (χ3v) is 2.12. The van der Waals surface area contributed by atoms with Gasteiger partial charge in [-0.15, -0.1) is 0 Å². The number of hydrogen-bond donors (Lipinski definition) is 1. The standard InChI is InChI=1S/C8H6INO/c9-11-7-1-2-8-6(5-7)3-4-10-8/h1-5,10H. The smallest absolute Gasteiger partial charge is 0.192 e. The number of nitrogens with one attached hydrogen (secondary N) is 1. The molecule has 11 heavy (non-hydrogen) atoms. The van der Waals surface area contributed by atoms with Crippen LogP contribution in [0.2, 0.25) is 0 Å². The van der Waals surface area contributed by atoms with E-state index >= 15 is 0 Å². The van der Waals surface area contributed by atoms with E-state index in [1.54, 1.807) is 0 Å². The molecule has 0 saturated carbocycles. The quantitative estimate of drug-likeness (QED) is 0.782. The molecule has 0 atom stereocenters. The van der Waals surface area contributed by atoms with Crippen molar-refractivity contribution in [3.05, 3.63) is 30.5 Å². The van der Waals surface area contributed by atoms with Crippen LogP contribution >= 0.6 is 23.0 Å². The molecule has 0 unspecified atom stereocenters. The third-order valence-electron chi connectivity index (χ3n) is 1.61. The first-order valence-corrected chi connectivity index (χ1v) is 4.14. The van der Waals surface area contributed by atoms with Gasteiger partial charge in [0.1, 0.15) is 5.75 Å². The summed E-state index contributed by atoms with van der Waals surface area (Å²) in [6.07, 6.45) is 1.92. The van der Waals surface area contributed by atoms with Gasteiger partial charge in [-0.3, -0.25) is 0 Å². The van der Waals surface area contributed by atoms with Crippen molar-refractivity contribution in [2.75, 3.05) is 0 Å². The fraction of sp³-hybridized carbons (Fsp3) is 0. The number of aromatic nitrogens is 1. The average Bonchev–Trinajstić information content (AvgIpc) is 2.50. The first kappa shape index (κ1) is 6.97. The summed E-state index contributed by atoms with van der Waals surface area (Å²) in [4.78, 5) is 3.11. The van der Waals surface area contributed by atoms with E-state index in [-0.39, 0.29) is 0 Å². The zero-order chi connectivity index (χ0) is 7.68. The van der Waals surface area contributed by atoms with Gasteiger partial charge in [-0.2, -0.15) is 0 Å². The van der Waals surface area contributed by atoms with Crippen LogP contribution < -0.4 is 3.07 Å². The highest BCUT2D eigenvalue weighted by molar-refractivity contribution is 14.1. The highest BCUT2D eigenvalue weighted by Gasteiger charge is 1.95. The van der Waals surface area contributed by atoms with Crippen molar-refractivity contribution in [1.29, 1.82) is 0 Å². The number of hydrogen-bond acceptors (Lipinski definition) is 1. The Labute approximate surface area is 78.2 Å². The van der Waals surface area contributed by atoms with E-state index in [1.807, 2.05) is 53.5 Å². The van der Waals surface area contributed by atoms with Crippen molar-refractivity contribution in [2.24, 2.45) is 0 Å². The molecule has 0 spiro atoms. The van der Waals surface area contributed by atoms with Crippen LogP contribution in [0.15, 0.2) is 30.5 Å². The third kappa shape index (κ3) is 1.20. The molecule has 0 saturated heterocycles. The first-order chi connectivity index (χ1) is 5.40. The highest BCUT2D eigenvalue weighted by Crippen LogP contribution is 2.20. The maximum absolute atomic E-state index is 5.05. The molecule has 1 aromatic heterocycles. The Balaban J connectivity index is 2.67. The monoisotopic (exact) mass is 259 g/mol. The molecule has 2 aromatic rings. The average molecular weight is 259 g/mol. The highest BCUT2D eigenvalue weighted by atomic mass is 127. The lowest BCUT2D eigenvalue weighted by molar-refractivity contribution is 0.718. The number of H-pyrrole nitrogens is 1. The molecule has 1 N–H and O–H groups in total. The van der Waals surface area contributed by atoms with Crippen LogP contribution in [-0.2, 0) is 0 Å². The molecule has 2 nitrogen and oxygen atoms in total. The first-order valence-electron chi connectivity index (χ1n) is 3.26. The van der Waals surface area contributed by atoms with E-state index < -0.39 is 0 Å². The summed E-state index contributed by atoms with van der Waals surface area (Å²) in [5.41, 5.74) is 1.14. The minimum atomic E-state index is 0.887. The lowest BCUT2D eigenvalue weighted by atomic mass is 10.2. The van der Waals surface area contributed by atoms with Gasteiger partial charge in [0, 0.05) is 17.1 Å². The summed E-state index contributed by atoms with van der Waals surface area (Å²) in [7, 11) is 0. The summed E-state index contributed by atoms with van der Waals surface area (Å²) in [6, 6.07) is 7.96. The van der Waals surface area contributed by atoms with Gasteiger partial charge in [0.25, 0.3) is 0 Å². The van der Waals surface area contributed by atoms with Gasteiger partial charge in [0.05, 0.1) is 0 Å². The number of benzene rings is 1. The van der Waals surface area contributed by atoms with E-state index in [9.17, 15) is 0 Å². The van der Waals surface area contributed by atoms with Crippen molar-refractivity contribution in [1.82, 2.24) is 4.98 Å². The minimum absolute atomic E-state index is 0.887. The molecular weight excluding hydrogens is 253 g/mol. The van der Waals surface area contributed by atoms with Gasteiger partial charge < -0.3 is 8.05 Å². The maximum atomic E-state index is 5.05. The van der Waals surface area contributed by atoms with Crippen LogP contribution in [0.25, 0.3) is 10.9 Å². The normalized spacial score (nSPS) is 10.3. The van der Waals surface area contributed by atoms with E-state index in [0.29, 0.717) is 0 Å². The fourth-order valence-corrected chi connectivity index (χ4v) is 1.35. The molecule has 0 aliphatic heterocycles. The van der Waals surface area contributed by atoms with Crippen molar-refractivity contribution in [3.8, 4) is 5.75 Å². The Hall–Kier alpha value is -0.710. The number of fused-ring (bicyclic) bond motifs is 1. The molecular formula is C8H6INO. The molecule has 3 heteroatoms. The summed E-state index contributed by atoms with van der Waals surface area (Å²) in [6.45, 7) is 0. The number of rotatable bonds is 1. The predicted molar refractivity (Wildman–Crippen MR) is 52.9 cm³/mol. The van der Waals surface area contributed by atoms with Gasteiger partial charge in [-0.05, 0) is 24.3 Å². The van der Waals surface area contributed by atoms with Gasteiger partial charge >= 0.3 is 0 Å². The summed E-state index contributed by atoms with van der Waals surface area (Å²) in [5.74, 6) is 0.887.